The molecule has 2 amide bonds. The lowest BCUT2D eigenvalue weighted by molar-refractivity contribution is -0.177. The number of hydrogen-bond donors (Lipinski definition) is 1. The quantitative estimate of drug-likeness (QED) is 0.282. The first-order valence-electron chi connectivity index (χ1n) is 15.6. The van der Waals surface area contributed by atoms with Gasteiger partial charge in [-0.25, -0.2) is 4.39 Å². The first-order chi connectivity index (χ1) is 21.2. The molecule has 0 aliphatic carbocycles. The molecule has 1 N–H and O–H groups in total. The van der Waals surface area contributed by atoms with Crippen LogP contribution in [0.5, 0.6) is 0 Å². The van der Waals surface area contributed by atoms with Crippen LogP contribution in [-0.2, 0) is 16.8 Å². The molecule has 0 bridgehead atoms. The van der Waals surface area contributed by atoms with E-state index < -0.39 is 35.9 Å². The summed E-state index contributed by atoms with van der Waals surface area (Å²) in [7, 11) is 0. The smallest absolute Gasteiger partial charge is 0.331 e. The minimum Gasteiger partial charge on any atom is -0.331 e. The Balaban J connectivity index is 1.46. The highest BCUT2D eigenvalue weighted by Crippen LogP contribution is 2.39. The first-order valence-corrected chi connectivity index (χ1v) is 15.6. The third-order valence-electron chi connectivity index (χ3n) is 9.11. The maximum Gasteiger partial charge on any atom is 0.404 e. The molecule has 3 aromatic rings. The van der Waals surface area contributed by atoms with Gasteiger partial charge in [-0.15, -0.1) is 0 Å². The fraction of sp³-hybridized carbons (Fsp3) is 0.444. The molecular weight excluding hydrogens is 582 g/mol. The number of nitrogens with zero attached hydrogens (tertiary/aromatic N) is 2. The van der Waals surface area contributed by atoms with E-state index in [-0.39, 0.29) is 29.9 Å². The van der Waals surface area contributed by atoms with Crippen molar-refractivity contribution in [1.82, 2.24) is 9.80 Å². The molecule has 2 heterocycles. The predicted octanol–water partition coefficient (Wildman–Crippen LogP) is 8.19. The predicted molar refractivity (Wildman–Crippen MR) is 167 cm³/mol. The summed E-state index contributed by atoms with van der Waals surface area (Å²) in [6, 6.07) is 17.2. The zero-order valence-electron chi connectivity index (χ0n) is 26.3. The summed E-state index contributed by atoms with van der Waals surface area (Å²) in [5.41, 5.74) is 3.47. The summed E-state index contributed by atoms with van der Waals surface area (Å²) in [6.45, 7) is 8.83. The Kier molecular flexibility index (Phi) is 9.40. The molecule has 240 valence electrons. The zero-order chi connectivity index (χ0) is 32.5. The van der Waals surface area contributed by atoms with Gasteiger partial charge in [0, 0.05) is 18.8 Å². The van der Waals surface area contributed by atoms with E-state index in [2.05, 4.69) is 26.1 Å². The number of likely N-dealkylation sites (tertiary alicyclic amines) is 2. The Morgan fingerprint density at radius 1 is 0.911 bits per heavy atom. The van der Waals surface area contributed by atoms with Crippen LogP contribution in [0.2, 0.25) is 0 Å². The van der Waals surface area contributed by atoms with Gasteiger partial charge in [0.1, 0.15) is 11.9 Å². The van der Waals surface area contributed by atoms with Crippen LogP contribution in [-0.4, -0.2) is 46.9 Å². The number of benzene rings is 3. The van der Waals surface area contributed by atoms with E-state index in [9.17, 15) is 22.8 Å². The van der Waals surface area contributed by atoms with Gasteiger partial charge in [0.25, 0.3) is 5.91 Å². The van der Waals surface area contributed by atoms with Crippen molar-refractivity contribution in [3.8, 4) is 0 Å². The Labute approximate surface area is 262 Å². The fourth-order valence-electron chi connectivity index (χ4n) is 6.70. The van der Waals surface area contributed by atoms with Crippen LogP contribution in [0.4, 0.5) is 23.2 Å². The van der Waals surface area contributed by atoms with E-state index in [1.807, 2.05) is 24.3 Å². The van der Waals surface area contributed by atoms with Gasteiger partial charge < -0.3 is 10.2 Å². The molecule has 9 heteroatoms. The van der Waals surface area contributed by atoms with E-state index in [1.54, 1.807) is 48.2 Å². The minimum absolute atomic E-state index is 0.0229. The van der Waals surface area contributed by atoms with Gasteiger partial charge in [0.15, 0.2) is 0 Å². The molecule has 5 nitrogen and oxygen atoms in total. The van der Waals surface area contributed by atoms with E-state index in [4.69, 9.17) is 0 Å². The molecule has 45 heavy (non-hydrogen) atoms. The lowest BCUT2D eigenvalue weighted by Crippen LogP contribution is -2.46. The number of hydrogen-bond acceptors (Lipinski definition) is 3. The van der Waals surface area contributed by atoms with Crippen molar-refractivity contribution in [1.29, 1.82) is 0 Å². The third-order valence-corrected chi connectivity index (χ3v) is 9.11. The largest absolute Gasteiger partial charge is 0.404 e. The SMILES string of the molecule is Cc1cccc(F)c1C(=O)N1CCC[C@H](C(=O)Nc2cccc(C(C)(C)C)c2)C1c1ccc(CN2CCCC2C(F)(F)F)cc1. The summed E-state index contributed by atoms with van der Waals surface area (Å²) >= 11 is 0. The van der Waals surface area contributed by atoms with Gasteiger partial charge in [-0.2, -0.15) is 13.2 Å². The second-order valence-electron chi connectivity index (χ2n) is 13.4. The molecule has 0 saturated carbocycles. The second-order valence-corrected chi connectivity index (χ2v) is 13.4. The number of rotatable bonds is 6. The molecule has 2 unspecified atom stereocenters. The number of amides is 2. The number of aryl methyl sites for hydroxylation is 1. The highest BCUT2D eigenvalue weighted by atomic mass is 19.4. The van der Waals surface area contributed by atoms with Crippen LogP contribution in [0.25, 0.3) is 0 Å². The molecular formula is C36H41F4N3O2. The van der Waals surface area contributed by atoms with E-state index >= 15 is 4.39 Å². The average molecular weight is 624 g/mol. The number of carbonyl (C=O) groups is 2. The van der Waals surface area contributed by atoms with Crippen molar-refractivity contribution in [3.63, 3.8) is 0 Å². The summed E-state index contributed by atoms with van der Waals surface area (Å²) in [6.07, 6.45) is -2.63. The van der Waals surface area contributed by atoms with Gasteiger partial charge >= 0.3 is 6.18 Å². The molecule has 3 aromatic carbocycles. The maximum atomic E-state index is 15.0. The summed E-state index contributed by atoms with van der Waals surface area (Å²) in [5, 5.41) is 3.06. The summed E-state index contributed by atoms with van der Waals surface area (Å²) in [5.74, 6) is -1.99. The standard InChI is InChI=1S/C36H41F4N3O2/c1-23-9-5-13-29(37)31(23)34(45)43-20-7-12-28(33(44)41-27-11-6-10-26(21-27)35(2,3)4)32(43)25-17-15-24(16-18-25)22-42-19-8-14-30(42)36(38,39)40/h5-6,9-11,13,15-18,21,28,30,32H,7-8,12,14,19-20,22H2,1-4H3,(H,41,44)/t28-,30?,32?/m0/s1. The van der Waals surface area contributed by atoms with Crippen molar-refractivity contribution in [2.45, 2.75) is 83.6 Å². The van der Waals surface area contributed by atoms with Crippen molar-refractivity contribution >= 4 is 17.5 Å². The topological polar surface area (TPSA) is 52.7 Å². The number of alkyl halides is 3. The summed E-state index contributed by atoms with van der Waals surface area (Å²) in [4.78, 5) is 31.0. The van der Waals surface area contributed by atoms with Gasteiger partial charge in [-0.05, 0) is 85.0 Å². The monoisotopic (exact) mass is 623 g/mol. The van der Waals surface area contributed by atoms with Gasteiger partial charge in [-0.1, -0.05) is 69.3 Å². The molecule has 0 aromatic heterocycles. The van der Waals surface area contributed by atoms with Crippen LogP contribution in [0.1, 0.15) is 85.1 Å². The molecule has 5 rings (SSSR count). The van der Waals surface area contributed by atoms with E-state index in [0.717, 1.165) is 5.56 Å². The van der Waals surface area contributed by atoms with Crippen molar-refractivity contribution in [2.24, 2.45) is 5.92 Å². The zero-order valence-corrected chi connectivity index (χ0v) is 26.3. The minimum atomic E-state index is -4.28. The molecule has 2 aliphatic heterocycles. The molecule has 2 aliphatic rings. The molecule has 2 fully saturated rings. The van der Waals surface area contributed by atoms with Crippen molar-refractivity contribution in [2.75, 3.05) is 18.4 Å². The first kappa shape index (κ1) is 32.7. The van der Waals surface area contributed by atoms with Gasteiger partial charge in [-0.3, -0.25) is 14.5 Å². The lowest BCUT2D eigenvalue weighted by atomic mass is 9.82. The second kappa shape index (κ2) is 12.9. The highest BCUT2D eigenvalue weighted by molar-refractivity contribution is 5.98. The maximum absolute atomic E-state index is 15.0. The number of anilines is 1. The molecule has 2 saturated heterocycles. The lowest BCUT2D eigenvalue weighted by Gasteiger charge is -2.41. The van der Waals surface area contributed by atoms with E-state index in [0.29, 0.717) is 54.7 Å². The van der Waals surface area contributed by atoms with E-state index in [1.165, 1.54) is 11.0 Å². The molecule has 3 atom stereocenters. The molecule has 0 spiro atoms. The van der Waals surface area contributed by atoms with Crippen LogP contribution in [0, 0.1) is 18.7 Å². The normalized spacial score (nSPS) is 21.2. The Morgan fingerprint density at radius 2 is 1.60 bits per heavy atom. The number of halogens is 4. The number of nitrogens with one attached hydrogen (secondary N) is 1. The number of piperidine rings is 1. The van der Waals surface area contributed by atoms with Crippen LogP contribution >= 0.6 is 0 Å². The van der Waals surface area contributed by atoms with Gasteiger partial charge in [0.05, 0.1) is 17.5 Å². The van der Waals surface area contributed by atoms with Crippen LogP contribution < -0.4 is 5.32 Å². The van der Waals surface area contributed by atoms with Crippen molar-refractivity contribution in [3.05, 3.63) is 100 Å². The summed E-state index contributed by atoms with van der Waals surface area (Å²) < 4.78 is 55.7. The van der Waals surface area contributed by atoms with Crippen LogP contribution in [0.15, 0.2) is 66.7 Å². The fourth-order valence-corrected chi connectivity index (χ4v) is 6.70. The Hall–Kier alpha value is -3.72. The molecule has 0 radical (unpaired) electrons. The van der Waals surface area contributed by atoms with Crippen LogP contribution in [0.3, 0.4) is 0 Å². The number of carbonyl (C=O) groups excluding carboxylic acids is 2. The van der Waals surface area contributed by atoms with Gasteiger partial charge in [0.2, 0.25) is 5.91 Å². The van der Waals surface area contributed by atoms with Crippen molar-refractivity contribution < 1.29 is 27.2 Å². The third kappa shape index (κ3) is 7.24. The average Bonchev–Trinajstić information content (AvgIpc) is 3.46. The highest BCUT2D eigenvalue weighted by Gasteiger charge is 2.46. The Morgan fingerprint density at radius 3 is 2.27 bits per heavy atom. The Bertz CT molecular complexity index is 1510.